The van der Waals surface area contributed by atoms with Crippen LogP contribution in [0.15, 0.2) is 16.6 Å². The van der Waals surface area contributed by atoms with Crippen molar-refractivity contribution in [3.63, 3.8) is 0 Å². The standard InChI is InChI=1S/C26H33BrN4O2/c1-15-13-21(27)14-16(2)24(15)31-18(4)17(3)23-25(28-19(5)29-26(23)31)30-11-9-20(10-12-30)7-6-8-22(32)33/h13-14,20H,6-12H2,1-5H3,(H,32,33). The van der Waals surface area contributed by atoms with Crippen LogP contribution in [-0.2, 0) is 4.79 Å². The predicted molar refractivity (Wildman–Crippen MR) is 137 cm³/mol. The Hall–Kier alpha value is -2.41. The molecule has 0 atom stereocenters. The molecule has 1 N–H and O–H groups in total. The number of aliphatic carboxylic acids is 1. The molecule has 2 aromatic heterocycles. The van der Waals surface area contributed by atoms with E-state index in [1.54, 1.807) is 0 Å². The number of carbonyl (C=O) groups is 1. The van der Waals surface area contributed by atoms with Gasteiger partial charge in [-0.15, -0.1) is 0 Å². The van der Waals surface area contributed by atoms with E-state index in [9.17, 15) is 4.79 Å². The van der Waals surface area contributed by atoms with Gasteiger partial charge in [0, 0.05) is 29.7 Å². The number of carboxylic acids is 1. The van der Waals surface area contributed by atoms with Crippen LogP contribution in [-0.4, -0.2) is 38.7 Å². The Balaban J connectivity index is 1.71. The zero-order chi connectivity index (χ0) is 23.9. The van der Waals surface area contributed by atoms with Crippen molar-refractivity contribution >= 4 is 38.8 Å². The van der Waals surface area contributed by atoms with Crippen molar-refractivity contribution in [2.24, 2.45) is 5.92 Å². The number of hydrogen-bond acceptors (Lipinski definition) is 4. The molecule has 0 spiro atoms. The van der Waals surface area contributed by atoms with Gasteiger partial charge in [-0.3, -0.25) is 9.36 Å². The first kappa shape index (κ1) is 23.7. The lowest BCUT2D eigenvalue weighted by Crippen LogP contribution is -2.34. The van der Waals surface area contributed by atoms with Gasteiger partial charge in [-0.25, -0.2) is 9.97 Å². The third-order valence-corrected chi connectivity index (χ3v) is 7.50. The number of hydrogen-bond donors (Lipinski definition) is 1. The maximum atomic E-state index is 10.8. The van der Waals surface area contributed by atoms with E-state index in [4.69, 9.17) is 15.1 Å². The average Bonchev–Trinajstić information content (AvgIpc) is 2.98. The van der Waals surface area contributed by atoms with E-state index in [2.05, 4.69) is 65.2 Å². The summed E-state index contributed by atoms with van der Waals surface area (Å²) in [6.45, 7) is 12.5. The predicted octanol–water partition coefficient (Wildman–Crippen LogP) is 6.20. The van der Waals surface area contributed by atoms with Crippen LogP contribution >= 0.6 is 15.9 Å². The summed E-state index contributed by atoms with van der Waals surface area (Å²) < 4.78 is 3.39. The molecular formula is C26H33BrN4O2. The van der Waals surface area contributed by atoms with E-state index in [-0.39, 0.29) is 6.42 Å². The van der Waals surface area contributed by atoms with Gasteiger partial charge < -0.3 is 10.0 Å². The number of piperidine rings is 1. The Morgan fingerprint density at radius 2 is 1.73 bits per heavy atom. The largest absolute Gasteiger partial charge is 0.481 e. The van der Waals surface area contributed by atoms with Crippen molar-refractivity contribution in [1.29, 1.82) is 0 Å². The Morgan fingerprint density at radius 1 is 1.09 bits per heavy atom. The molecular weight excluding hydrogens is 480 g/mol. The van der Waals surface area contributed by atoms with Gasteiger partial charge in [-0.2, -0.15) is 0 Å². The fraction of sp³-hybridized carbons (Fsp3) is 0.500. The van der Waals surface area contributed by atoms with E-state index in [1.807, 2.05) is 6.92 Å². The Labute approximate surface area is 204 Å². The van der Waals surface area contributed by atoms with Crippen LogP contribution in [0.25, 0.3) is 16.7 Å². The quantitative estimate of drug-likeness (QED) is 0.425. The lowest BCUT2D eigenvalue weighted by molar-refractivity contribution is -0.137. The van der Waals surface area contributed by atoms with Crippen molar-refractivity contribution < 1.29 is 9.90 Å². The van der Waals surface area contributed by atoms with Gasteiger partial charge in [0.15, 0.2) is 5.65 Å². The van der Waals surface area contributed by atoms with Crippen LogP contribution in [0.3, 0.4) is 0 Å². The van der Waals surface area contributed by atoms with Crippen LogP contribution < -0.4 is 4.90 Å². The smallest absolute Gasteiger partial charge is 0.303 e. The van der Waals surface area contributed by atoms with Crippen molar-refractivity contribution in [2.45, 2.75) is 66.7 Å². The molecule has 0 bridgehead atoms. The van der Waals surface area contributed by atoms with Gasteiger partial charge in [0.05, 0.1) is 11.1 Å². The lowest BCUT2D eigenvalue weighted by atomic mass is 9.91. The SMILES string of the molecule is Cc1nc(N2CCC(CCCC(=O)O)CC2)c2c(C)c(C)n(-c3c(C)cc(Br)cc3C)c2n1. The van der Waals surface area contributed by atoms with E-state index >= 15 is 0 Å². The van der Waals surface area contributed by atoms with Gasteiger partial charge in [0.25, 0.3) is 0 Å². The first-order valence-corrected chi connectivity index (χ1v) is 12.6. The summed E-state index contributed by atoms with van der Waals surface area (Å²) in [6, 6.07) is 4.32. The van der Waals surface area contributed by atoms with Crippen molar-refractivity contribution in [1.82, 2.24) is 14.5 Å². The van der Waals surface area contributed by atoms with Gasteiger partial charge in [-0.1, -0.05) is 15.9 Å². The molecule has 176 valence electrons. The molecule has 3 aromatic rings. The Bertz CT molecular complexity index is 1190. The van der Waals surface area contributed by atoms with Crippen molar-refractivity contribution in [3.05, 3.63) is 44.8 Å². The molecule has 1 saturated heterocycles. The van der Waals surface area contributed by atoms with E-state index in [0.29, 0.717) is 5.92 Å². The van der Waals surface area contributed by atoms with Gasteiger partial charge in [0.1, 0.15) is 11.6 Å². The Morgan fingerprint density at radius 3 is 2.33 bits per heavy atom. The molecule has 6 nitrogen and oxygen atoms in total. The highest BCUT2D eigenvalue weighted by molar-refractivity contribution is 9.10. The Kier molecular flexibility index (Phi) is 6.80. The third-order valence-electron chi connectivity index (χ3n) is 7.04. The second-order valence-electron chi connectivity index (χ2n) is 9.44. The highest BCUT2D eigenvalue weighted by Gasteiger charge is 2.26. The van der Waals surface area contributed by atoms with E-state index < -0.39 is 5.97 Å². The summed E-state index contributed by atoms with van der Waals surface area (Å²) in [5, 5.41) is 10.1. The molecule has 0 aliphatic carbocycles. The highest BCUT2D eigenvalue weighted by Crippen LogP contribution is 2.37. The minimum absolute atomic E-state index is 0.271. The molecule has 1 aliphatic rings. The monoisotopic (exact) mass is 512 g/mol. The molecule has 0 amide bonds. The van der Waals surface area contributed by atoms with E-state index in [1.165, 1.54) is 28.1 Å². The van der Waals surface area contributed by atoms with Gasteiger partial charge >= 0.3 is 5.97 Å². The summed E-state index contributed by atoms with van der Waals surface area (Å²) in [5.41, 5.74) is 7.01. The number of benzene rings is 1. The molecule has 33 heavy (non-hydrogen) atoms. The van der Waals surface area contributed by atoms with Crippen molar-refractivity contribution in [2.75, 3.05) is 18.0 Å². The van der Waals surface area contributed by atoms with E-state index in [0.717, 1.165) is 65.9 Å². The summed E-state index contributed by atoms with van der Waals surface area (Å²) in [7, 11) is 0. The number of aryl methyl sites for hydroxylation is 4. The number of aromatic nitrogens is 3. The lowest BCUT2D eigenvalue weighted by Gasteiger charge is -2.33. The maximum Gasteiger partial charge on any atom is 0.303 e. The minimum atomic E-state index is -0.696. The third kappa shape index (κ3) is 4.65. The number of nitrogens with zero attached hydrogens (tertiary/aromatic N) is 4. The number of rotatable bonds is 6. The van der Waals surface area contributed by atoms with Crippen molar-refractivity contribution in [3.8, 4) is 5.69 Å². The number of anilines is 1. The van der Waals surface area contributed by atoms with Crippen LogP contribution in [0, 0.1) is 40.5 Å². The molecule has 3 heterocycles. The minimum Gasteiger partial charge on any atom is -0.481 e. The number of halogens is 1. The molecule has 7 heteroatoms. The molecule has 1 aliphatic heterocycles. The van der Waals surface area contributed by atoms with Gasteiger partial charge in [-0.05, 0) is 95.0 Å². The summed E-state index contributed by atoms with van der Waals surface area (Å²) in [4.78, 5) is 23.1. The summed E-state index contributed by atoms with van der Waals surface area (Å²) >= 11 is 3.63. The normalized spacial score (nSPS) is 14.9. The number of carboxylic acid groups (broad SMARTS) is 1. The number of fused-ring (bicyclic) bond motifs is 1. The fourth-order valence-corrected chi connectivity index (χ4v) is 5.97. The molecule has 4 rings (SSSR count). The molecule has 0 unspecified atom stereocenters. The molecule has 1 aromatic carbocycles. The zero-order valence-electron chi connectivity index (χ0n) is 20.2. The average molecular weight is 513 g/mol. The summed E-state index contributed by atoms with van der Waals surface area (Å²) in [6.07, 6.45) is 4.19. The van der Waals surface area contributed by atoms with Crippen LogP contribution in [0.1, 0.15) is 60.3 Å². The zero-order valence-corrected chi connectivity index (χ0v) is 21.8. The molecule has 0 radical (unpaired) electrons. The fourth-order valence-electron chi connectivity index (χ4n) is 5.28. The summed E-state index contributed by atoms with van der Waals surface area (Å²) in [5.74, 6) is 1.72. The molecule has 0 saturated carbocycles. The molecule has 1 fully saturated rings. The topological polar surface area (TPSA) is 71.2 Å². The highest BCUT2D eigenvalue weighted by atomic mass is 79.9. The van der Waals surface area contributed by atoms with Crippen LogP contribution in [0.5, 0.6) is 0 Å². The maximum absolute atomic E-state index is 10.8. The van der Waals surface area contributed by atoms with Gasteiger partial charge in [0.2, 0.25) is 0 Å². The van der Waals surface area contributed by atoms with Crippen LogP contribution in [0.4, 0.5) is 5.82 Å². The first-order valence-electron chi connectivity index (χ1n) is 11.8. The first-order chi connectivity index (χ1) is 15.7. The van der Waals surface area contributed by atoms with Crippen LogP contribution in [0.2, 0.25) is 0 Å². The second-order valence-corrected chi connectivity index (χ2v) is 10.4. The second kappa shape index (κ2) is 9.45.